The van der Waals surface area contributed by atoms with Crippen LogP contribution in [0.25, 0.3) is 0 Å². The van der Waals surface area contributed by atoms with Crippen LogP contribution in [0.15, 0.2) is 18.2 Å². The molecule has 0 aliphatic rings. The van der Waals surface area contributed by atoms with Crippen LogP contribution in [0, 0.1) is 12.8 Å². The molecule has 0 bridgehead atoms. The number of rotatable bonds is 5. The minimum absolute atomic E-state index is 0.0564. The minimum Gasteiger partial charge on any atom is -0.391 e. The van der Waals surface area contributed by atoms with Gasteiger partial charge in [-0.3, -0.25) is 9.59 Å². The van der Waals surface area contributed by atoms with Crippen LogP contribution in [0.3, 0.4) is 0 Å². The molecule has 0 radical (unpaired) electrons. The molecule has 0 aliphatic heterocycles. The molecule has 5 nitrogen and oxygen atoms in total. The van der Waals surface area contributed by atoms with E-state index in [1.165, 1.54) is 13.0 Å². The maximum absolute atomic E-state index is 12.8. The van der Waals surface area contributed by atoms with Gasteiger partial charge in [0.1, 0.15) is 0 Å². The number of benzene rings is 1. The number of aliphatic hydroxyl groups excluding tert-OH is 1. The Labute approximate surface area is 138 Å². The Bertz CT molecular complexity index is 603. The van der Waals surface area contributed by atoms with Crippen LogP contribution in [0.2, 0.25) is 0 Å². The second-order valence-corrected chi connectivity index (χ2v) is 5.59. The lowest BCUT2D eigenvalue weighted by molar-refractivity contribution is -0.138. The molecule has 2 unspecified atom stereocenters. The lowest BCUT2D eigenvalue weighted by Crippen LogP contribution is -2.41. The number of hydrogen-bond acceptors (Lipinski definition) is 3. The Morgan fingerprint density at radius 1 is 1.25 bits per heavy atom. The Balaban J connectivity index is 2.73. The Morgan fingerprint density at radius 3 is 2.42 bits per heavy atom. The molecule has 1 aromatic carbocycles. The molecule has 0 fully saturated rings. The second kappa shape index (κ2) is 8.14. The number of amides is 2. The van der Waals surface area contributed by atoms with Gasteiger partial charge in [-0.25, -0.2) is 0 Å². The van der Waals surface area contributed by atoms with E-state index in [1.807, 2.05) is 6.92 Å². The summed E-state index contributed by atoms with van der Waals surface area (Å²) in [5.41, 5.74) is -1.15. The first-order chi connectivity index (χ1) is 11.1. The van der Waals surface area contributed by atoms with E-state index in [-0.39, 0.29) is 23.7 Å². The van der Waals surface area contributed by atoms with E-state index in [2.05, 4.69) is 10.6 Å². The zero-order chi connectivity index (χ0) is 18.5. The van der Waals surface area contributed by atoms with Crippen molar-refractivity contribution in [3.63, 3.8) is 0 Å². The monoisotopic (exact) mass is 346 g/mol. The van der Waals surface area contributed by atoms with Crippen LogP contribution < -0.4 is 10.6 Å². The molecule has 0 aromatic heterocycles. The fourth-order valence-electron chi connectivity index (χ4n) is 2.01. The molecule has 2 amide bonds. The second-order valence-electron chi connectivity index (χ2n) is 5.59. The zero-order valence-electron chi connectivity index (χ0n) is 13.7. The van der Waals surface area contributed by atoms with Crippen LogP contribution in [-0.2, 0) is 15.8 Å². The minimum atomic E-state index is -4.55. The summed E-state index contributed by atoms with van der Waals surface area (Å²) in [4.78, 5) is 23.5. The Hall–Kier alpha value is -2.09. The highest BCUT2D eigenvalue weighted by Gasteiger charge is 2.33. The molecule has 3 N–H and O–H groups in total. The van der Waals surface area contributed by atoms with Gasteiger partial charge in [-0.2, -0.15) is 13.2 Å². The van der Waals surface area contributed by atoms with Crippen molar-refractivity contribution < 1.29 is 27.9 Å². The summed E-state index contributed by atoms with van der Waals surface area (Å²) in [6, 6.07) is 3.33. The molecule has 0 saturated carbocycles. The van der Waals surface area contributed by atoms with Gasteiger partial charge in [-0.05, 0) is 30.5 Å². The Morgan fingerprint density at radius 2 is 1.88 bits per heavy atom. The van der Waals surface area contributed by atoms with Crippen molar-refractivity contribution in [1.82, 2.24) is 5.32 Å². The lowest BCUT2D eigenvalue weighted by atomic mass is 10.0. The highest BCUT2D eigenvalue weighted by Crippen LogP contribution is 2.34. The number of anilines is 1. The summed E-state index contributed by atoms with van der Waals surface area (Å²) in [5, 5.41) is 14.2. The van der Waals surface area contributed by atoms with Gasteiger partial charge in [0.05, 0.1) is 11.7 Å². The first kappa shape index (κ1) is 20.0. The van der Waals surface area contributed by atoms with Gasteiger partial charge in [0.15, 0.2) is 0 Å². The molecule has 1 aromatic rings. The van der Waals surface area contributed by atoms with E-state index in [9.17, 15) is 27.9 Å². The fourth-order valence-corrected chi connectivity index (χ4v) is 2.01. The van der Waals surface area contributed by atoms with Crippen molar-refractivity contribution in [2.24, 2.45) is 5.92 Å². The summed E-state index contributed by atoms with van der Waals surface area (Å²) in [6.45, 7) is 4.77. The van der Waals surface area contributed by atoms with Crippen LogP contribution >= 0.6 is 0 Å². The van der Waals surface area contributed by atoms with E-state index < -0.39 is 29.7 Å². The molecule has 0 saturated heterocycles. The maximum atomic E-state index is 12.8. The van der Waals surface area contributed by atoms with Gasteiger partial charge in [0, 0.05) is 12.2 Å². The fraction of sp³-hybridized carbons (Fsp3) is 0.500. The molecular weight excluding hydrogens is 325 g/mol. The molecule has 0 aliphatic carbocycles. The van der Waals surface area contributed by atoms with E-state index in [4.69, 9.17) is 0 Å². The third-order valence-corrected chi connectivity index (χ3v) is 3.87. The number of aliphatic hydroxyl groups is 1. The number of hydrogen-bond donors (Lipinski definition) is 3. The number of alkyl halides is 3. The molecule has 1 rings (SSSR count). The molecule has 8 heteroatoms. The predicted molar refractivity (Wildman–Crippen MR) is 83.3 cm³/mol. The maximum Gasteiger partial charge on any atom is 0.416 e. The van der Waals surface area contributed by atoms with Crippen molar-refractivity contribution in [1.29, 1.82) is 0 Å². The van der Waals surface area contributed by atoms with Crippen LogP contribution in [0.1, 0.15) is 31.4 Å². The topological polar surface area (TPSA) is 78.4 Å². The number of carbonyl (C=O) groups excluding carboxylic acids is 2. The van der Waals surface area contributed by atoms with Crippen molar-refractivity contribution in [3.05, 3.63) is 29.3 Å². The van der Waals surface area contributed by atoms with Crippen LogP contribution in [0.5, 0.6) is 0 Å². The summed E-state index contributed by atoms with van der Waals surface area (Å²) < 4.78 is 38.5. The molecule has 24 heavy (non-hydrogen) atoms. The van der Waals surface area contributed by atoms with Crippen molar-refractivity contribution in [2.45, 2.75) is 39.5 Å². The highest BCUT2D eigenvalue weighted by molar-refractivity contribution is 6.39. The van der Waals surface area contributed by atoms with E-state index in [1.54, 1.807) is 6.92 Å². The molecule has 2 atom stereocenters. The van der Waals surface area contributed by atoms with Crippen molar-refractivity contribution >= 4 is 17.5 Å². The molecular formula is C16H21F3N2O3. The predicted octanol–water partition coefficient (Wildman–Crippen LogP) is 2.48. The molecule has 134 valence electrons. The SMILES string of the molecule is CCC(C)C(O)CNC(=O)C(=O)Nc1cccc(C(F)(F)F)c1C. The van der Waals surface area contributed by atoms with Crippen LogP contribution in [-0.4, -0.2) is 29.6 Å². The van der Waals surface area contributed by atoms with Gasteiger partial charge in [0.25, 0.3) is 0 Å². The quantitative estimate of drug-likeness (QED) is 0.717. The van der Waals surface area contributed by atoms with Crippen molar-refractivity contribution in [2.75, 3.05) is 11.9 Å². The van der Waals surface area contributed by atoms with E-state index in [0.29, 0.717) is 6.42 Å². The number of nitrogens with one attached hydrogen (secondary N) is 2. The van der Waals surface area contributed by atoms with E-state index >= 15 is 0 Å². The third kappa shape index (κ3) is 5.23. The average Bonchev–Trinajstić information content (AvgIpc) is 2.51. The first-order valence-corrected chi connectivity index (χ1v) is 7.52. The van der Waals surface area contributed by atoms with Gasteiger partial charge >= 0.3 is 18.0 Å². The third-order valence-electron chi connectivity index (χ3n) is 3.87. The van der Waals surface area contributed by atoms with E-state index in [0.717, 1.165) is 12.1 Å². The normalized spacial score (nSPS) is 14.0. The Kier molecular flexibility index (Phi) is 6.77. The first-order valence-electron chi connectivity index (χ1n) is 7.52. The largest absolute Gasteiger partial charge is 0.416 e. The highest BCUT2D eigenvalue weighted by atomic mass is 19.4. The smallest absolute Gasteiger partial charge is 0.391 e. The zero-order valence-corrected chi connectivity index (χ0v) is 13.7. The molecule has 0 spiro atoms. The average molecular weight is 346 g/mol. The summed E-state index contributed by atoms with van der Waals surface area (Å²) >= 11 is 0. The lowest BCUT2D eigenvalue weighted by Gasteiger charge is -2.18. The van der Waals surface area contributed by atoms with Crippen LogP contribution in [0.4, 0.5) is 18.9 Å². The van der Waals surface area contributed by atoms with Gasteiger partial charge in [-0.1, -0.05) is 26.3 Å². The summed E-state index contributed by atoms with van der Waals surface area (Å²) in [6.07, 6.45) is -4.65. The summed E-state index contributed by atoms with van der Waals surface area (Å²) in [5.74, 6) is -2.16. The number of halogens is 3. The van der Waals surface area contributed by atoms with Gasteiger partial charge < -0.3 is 15.7 Å². The molecule has 0 heterocycles. The number of carbonyl (C=O) groups is 2. The standard InChI is InChI=1S/C16H21F3N2O3/c1-4-9(2)13(22)8-20-14(23)15(24)21-12-7-5-6-11(10(12)3)16(17,18)19/h5-7,9,13,22H,4,8H2,1-3H3,(H,20,23)(H,21,24). The van der Waals surface area contributed by atoms with Gasteiger partial charge in [0.2, 0.25) is 0 Å². The van der Waals surface area contributed by atoms with Gasteiger partial charge in [-0.15, -0.1) is 0 Å². The van der Waals surface area contributed by atoms with Crippen molar-refractivity contribution in [3.8, 4) is 0 Å². The summed E-state index contributed by atoms with van der Waals surface area (Å²) in [7, 11) is 0.